The van der Waals surface area contributed by atoms with Gasteiger partial charge in [-0.3, -0.25) is 9.59 Å². The predicted octanol–water partition coefficient (Wildman–Crippen LogP) is 3.82. The average molecular weight is 407 g/mol. The molecular formula is C22H21N3O3S. The first kappa shape index (κ1) is 20.3. The summed E-state index contributed by atoms with van der Waals surface area (Å²) in [5.74, 6) is -1.48. The molecule has 3 aromatic rings. The molecule has 0 aliphatic rings. The van der Waals surface area contributed by atoms with Crippen LogP contribution in [-0.2, 0) is 11.3 Å². The minimum Gasteiger partial charge on any atom is -0.480 e. The van der Waals surface area contributed by atoms with Gasteiger partial charge in [0.15, 0.2) is 5.13 Å². The van der Waals surface area contributed by atoms with Crippen molar-refractivity contribution in [3.8, 4) is 11.3 Å². The van der Waals surface area contributed by atoms with Gasteiger partial charge in [0, 0.05) is 29.6 Å². The van der Waals surface area contributed by atoms with Gasteiger partial charge in [-0.05, 0) is 17.7 Å². The Labute approximate surface area is 173 Å². The number of hydrogen-bond donors (Lipinski definition) is 2. The number of carbonyl (C=O) groups excluding carboxylic acids is 1. The van der Waals surface area contributed by atoms with Crippen molar-refractivity contribution in [2.24, 2.45) is 0 Å². The number of hydrogen-bond acceptors (Lipinski definition) is 5. The fraction of sp³-hybridized carbons (Fsp3) is 0.136. The molecule has 0 fully saturated rings. The van der Waals surface area contributed by atoms with Crippen LogP contribution in [0, 0.1) is 0 Å². The number of thiazole rings is 1. The maximum Gasteiger partial charge on any atom is 0.322 e. The largest absolute Gasteiger partial charge is 0.480 e. The zero-order valence-corrected chi connectivity index (χ0v) is 16.6. The van der Waals surface area contributed by atoms with E-state index >= 15 is 0 Å². The SMILES string of the molecule is C=CCN(Cc1ccc(C(=O)NCC(=O)O)cc1)c1nc(-c2ccccc2)cs1. The highest BCUT2D eigenvalue weighted by atomic mass is 32.1. The van der Waals surface area contributed by atoms with E-state index in [1.165, 1.54) is 0 Å². The van der Waals surface area contributed by atoms with E-state index < -0.39 is 18.4 Å². The van der Waals surface area contributed by atoms with E-state index in [0.29, 0.717) is 18.7 Å². The van der Waals surface area contributed by atoms with Crippen molar-refractivity contribution in [2.45, 2.75) is 6.54 Å². The second-order valence-corrected chi connectivity index (χ2v) is 7.16. The number of nitrogens with zero attached hydrogens (tertiary/aromatic N) is 2. The number of aliphatic carboxylic acids is 1. The van der Waals surface area contributed by atoms with Gasteiger partial charge in [-0.1, -0.05) is 48.5 Å². The summed E-state index contributed by atoms with van der Waals surface area (Å²) in [6.45, 7) is 4.69. The van der Waals surface area contributed by atoms with E-state index in [9.17, 15) is 9.59 Å². The summed E-state index contributed by atoms with van der Waals surface area (Å²) in [5.41, 5.74) is 3.44. The fourth-order valence-electron chi connectivity index (χ4n) is 2.76. The second-order valence-electron chi connectivity index (χ2n) is 6.32. The van der Waals surface area contributed by atoms with Crippen LogP contribution in [0.2, 0.25) is 0 Å². The molecular weight excluding hydrogens is 386 g/mol. The molecule has 6 nitrogen and oxygen atoms in total. The number of nitrogens with one attached hydrogen (secondary N) is 1. The normalized spacial score (nSPS) is 10.3. The summed E-state index contributed by atoms with van der Waals surface area (Å²) < 4.78 is 0. The Hall–Kier alpha value is -3.45. The lowest BCUT2D eigenvalue weighted by Gasteiger charge is -2.20. The van der Waals surface area contributed by atoms with Crippen LogP contribution >= 0.6 is 11.3 Å². The Kier molecular flexibility index (Phi) is 6.76. The number of carboxylic acids is 1. The molecule has 0 atom stereocenters. The van der Waals surface area contributed by atoms with Crippen molar-refractivity contribution >= 4 is 28.3 Å². The van der Waals surface area contributed by atoms with Crippen LogP contribution in [0.25, 0.3) is 11.3 Å². The Bertz CT molecular complexity index is 984. The van der Waals surface area contributed by atoms with Gasteiger partial charge in [0.25, 0.3) is 5.91 Å². The molecule has 148 valence electrons. The molecule has 0 aliphatic carbocycles. The van der Waals surface area contributed by atoms with Gasteiger partial charge in [-0.15, -0.1) is 17.9 Å². The van der Waals surface area contributed by atoms with Crippen LogP contribution in [0.5, 0.6) is 0 Å². The van der Waals surface area contributed by atoms with Crippen molar-refractivity contribution in [2.75, 3.05) is 18.0 Å². The Morgan fingerprint density at radius 1 is 1.14 bits per heavy atom. The van der Waals surface area contributed by atoms with Crippen LogP contribution < -0.4 is 10.2 Å². The molecule has 0 unspecified atom stereocenters. The van der Waals surface area contributed by atoms with Gasteiger partial charge >= 0.3 is 5.97 Å². The molecule has 7 heteroatoms. The summed E-state index contributed by atoms with van der Waals surface area (Å²) in [6, 6.07) is 17.1. The summed E-state index contributed by atoms with van der Waals surface area (Å²) >= 11 is 1.58. The van der Waals surface area contributed by atoms with Gasteiger partial charge in [-0.25, -0.2) is 4.98 Å². The van der Waals surface area contributed by atoms with Crippen LogP contribution in [-0.4, -0.2) is 35.1 Å². The highest BCUT2D eigenvalue weighted by Crippen LogP contribution is 2.28. The zero-order chi connectivity index (χ0) is 20.6. The van der Waals surface area contributed by atoms with Crippen molar-refractivity contribution in [3.63, 3.8) is 0 Å². The molecule has 3 rings (SSSR count). The molecule has 2 N–H and O–H groups in total. The Balaban J connectivity index is 1.71. The number of anilines is 1. The number of benzene rings is 2. The quantitative estimate of drug-likeness (QED) is 0.527. The van der Waals surface area contributed by atoms with Crippen LogP contribution in [0.1, 0.15) is 15.9 Å². The molecule has 1 aromatic heterocycles. The molecule has 29 heavy (non-hydrogen) atoms. The van der Waals surface area contributed by atoms with E-state index in [1.54, 1.807) is 23.5 Å². The van der Waals surface area contributed by atoms with Crippen molar-refractivity contribution < 1.29 is 14.7 Å². The van der Waals surface area contributed by atoms with Gasteiger partial charge in [0.05, 0.1) is 5.69 Å². The standard InChI is InChI=1S/C22H21N3O3S/c1-2-12-25(22-24-19(15-29-22)17-6-4-3-5-7-17)14-16-8-10-18(11-9-16)21(28)23-13-20(26)27/h2-11,15H,1,12-14H2,(H,23,28)(H,26,27). The minimum absolute atomic E-state index is 0.401. The number of carboxylic acid groups (broad SMARTS) is 1. The maximum absolute atomic E-state index is 11.9. The van der Waals surface area contributed by atoms with E-state index in [2.05, 4.69) is 16.8 Å². The molecule has 0 radical (unpaired) electrons. The molecule has 0 bridgehead atoms. The monoisotopic (exact) mass is 407 g/mol. The number of rotatable bonds is 9. The molecule has 1 amide bonds. The van der Waals surface area contributed by atoms with Crippen LogP contribution in [0.3, 0.4) is 0 Å². The number of amides is 1. The number of carbonyl (C=O) groups is 2. The minimum atomic E-state index is -1.08. The first-order chi connectivity index (χ1) is 14.1. The highest BCUT2D eigenvalue weighted by Gasteiger charge is 2.13. The van der Waals surface area contributed by atoms with E-state index in [0.717, 1.165) is 22.0 Å². The van der Waals surface area contributed by atoms with Gasteiger partial charge in [0.1, 0.15) is 6.54 Å². The van der Waals surface area contributed by atoms with Gasteiger partial charge < -0.3 is 15.3 Å². The molecule has 0 saturated heterocycles. The predicted molar refractivity (Wildman–Crippen MR) is 115 cm³/mol. The van der Waals surface area contributed by atoms with Crippen molar-refractivity contribution in [3.05, 3.63) is 83.8 Å². The van der Waals surface area contributed by atoms with Crippen LogP contribution in [0.15, 0.2) is 72.6 Å². The Morgan fingerprint density at radius 3 is 2.52 bits per heavy atom. The third-order valence-corrected chi connectivity index (χ3v) is 5.07. The maximum atomic E-state index is 11.9. The lowest BCUT2D eigenvalue weighted by molar-refractivity contribution is -0.135. The lowest BCUT2D eigenvalue weighted by Crippen LogP contribution is -2.29. The van der Waals surface area contributed by atoms with E-state index in [1.807, 2.05) is 53.9 Å². The topological polar surface area (TPSA) is 82.5 Å². The lowest BCUT2D eigenvalue weighted by atomic mass is 10.1. The van der Waals surface area contributed by atoms with E-state index in [4.69, 9.17) is 10.1 Å². The molecule has 1 heterocycles. The van der Waals surface area contributed by atoms with E-state index in [-0.39, 0.29) is 0 Å². The van der Waals surface area contributed by atoms with Gasteiger partial charge in [-0.2, -0.15) is 0 Å². The molecule has 2 aromatic carbocycles. The first-order valence-electron chi connectivity index (χ1n) is 9.02. The summed E-state index contributed by atoms with van der Waals surface area (Å²) in [7, 11) is 0. The number of aromatic nitrogens is 1. The third kappa shape index (κ3) is 5.52. The third-order valence-electron chi connectivity index (χ3n) is 4.17. The second kappa shape index (κ2) is 9.66. The van der Waals surface area contributed by atoms with Crippen molar-refractivity contribution in [1.82, 2.24) is 10.3 Å². The fourth-order valence-corrected chi connectivity index (χ4v) is 3.60. The molecule has 0 saturated carbocycles. The highest BCUT2D eigenvalue weighted by molar-refractivity contribution is 7.14. The average Bonchev–Trinajstić information content (AvgIpc) is 3.23. The smallest absolute Gasteiger partial charge is 0.322 e. The van der Waals surface area contributed by atoms with Crippen LogP contribution in [0.4, 0.5) is 5.13 Å². The Morgan fingerprint density at radius 2 is 1.86 bits per heavy atom. The summed E-state index contributed by atoms with van der Waals surface area (Å²) in [5, 5.41) is 13.9. The molecule has 0 spiro atoms. The summed E-state index contributed by atoms with van der Waals surface area (Å²) in [6.07, 6.45) is 1.83. The van der Waals surface area contributed by atoms with Gasteiger partial charge in [0.2, 0.25) is 0 Å². The zero-order valence-electron chi connectivity index (χ0n) is 15.7. The van der Waals surface area contributed by atoms with Crippen molar-refractivity contribution in [1.29, 1.82) is 0 Å². The first-order valence-corrected chi connectivity index (χ1v) is 9.90. The summed E-state index contributed by atoms with van der Waals surface area (Å²) in [4.78, 5) is 29.4. The molecule has 0 aliphatic heterocycles.